The lowest BCUT2D eigenvalue weighted by Gasteiger charge is -2.35. The number of nitrogens with zero attached hydrogens (tertiary/aromatic N) is 2. The van der Waals surface area contributed by atoms with Crippen LogP contribution in [0.5, 0.6) is 0 Å². The molecule has 0 bridgehead atoms. The highest BCUT2D eigenvalue weighted by Gasteiger charge is 2.34. The molecule has 1 aliphatic rings. The molecule has 2 N–H and O–H groups in total. The lowest BCUT2D eigenvalue weighted by atomic mass is 10.2. The van der Waals surface area contributed by atoms with E-state index in [9.17, 15) is 9.59 Å². The first-order valence-corrected chi connectivity index (χ1v) is 9.89. The molecule has 1 aliphatic heterocycles. The lowest BCUT2D eigenvalue weighted by molar-refractivity contribution is 0.00698. The molecular formula is C20H36N4O5. The maximum atomic E-state index is 12.8. The molecule has 1 fully saturated rings. The van der Waals surface area contributed by atoms with E-state index in [1.54, 1.807) is 41.5 Å². The highest BCUT2D eigenvalue weighted by atomic mass is 16.6. The van der Waals surface area contributed by atoms with Gasteiger partial charge in [-0.3, -0.25) is 5.41 Å². The largest absolute Gasteiger partial charge is 0.443 e. The number of morpholine rings is 1. The minimum atomic E-state index is -0.873. The molecule has 9 nitrogen and oxygen atoms in total. The molecule has 2 amide bonds. The molecule has 0 unspecified atom stereocenters. The molecule has 0 aromatic heterocycles. The standard InChI is InChI=1S/C20H36N4O5/c1-9-22-16(12-15(21)23-10-11-27-13-14(23)2)24(17(25)28-19(3,4)5)18(26)29-20(6,7)8/h12,14,21-22H,9-11,13H2,1-8H3/b16-12+,21-15?/t14-/m1/s1. The zero-order valence-corrected chi connectivity index (χ0v) is 18.9. The van der Waals surface area contributed by atoms with Crippen molar-refractivity contribution in [3.8, 4) is 0 Å². The Morgan fingerprint density at radius 1 is 1.17 bits per heavy atom. The highest BCUT2D eigenvalue weighted by molar-refractivity contribution is 5.95. The first-order chi connectivity index (χ1) is 13.2. The van der Waals surface area contributed by atoms with Gasteiger partial charge in [0, 0.05) is 19.2 Å². The monoisotopic (exact) mass is 412 g/mol. The second kappa shape index (κ2) is 9.96. The van der Waals surface area contributed by atoms with Gasteiger partial charge in [-0.25, -0.2) is 9.59 Å². The van der Waals surface area contributed by atoms with Crippen LogP contribution in [-0.2, 0) is 14.2 Å². The Kier molecular flexibility index (Phi) is 8.50. The predicted octanol–water partition coefficient (Wildman–Crippen LogP) is 3.31. The third kappa shape index (κ3) is 8.31. The van der Waals surface area contributed by atoms with Gasteiger partial charge >= 0.3 is 12.2 Å². The molecule has 1 heterocycles. The smallest absolute Gasteiger partial charge is 0.425 e. The van der Waals surface area contributed by atoms with E-state index in [1.807, 2.05) is 18.7 Å². The molecule has 1 rings (SSSR count). The van der Waals surface area contributed by atoms with Gasteiger partial charge in [0.1, 0.15) is 22.9 Å². The van der Waals surface area contributed by atoms with Gasteiger partial charge in [0.15, 0.2) is 0 Å². The van der Waals surface area contributed by atoms with Crippen molar-refractivity contribution < 1.29 is 23.8 Å². The van der Waals surface area contributed by atoms with Crippen molar-refractivity contribution in [3.63, 3.8) is 0 Å². The number of rotatable bonds is 4. The zero-order valence-electron chi connectivity index (χ0n) is 18.9. The lowest BCUT2D eigenvalue weighted by Crippen LogP contribution is -2.49. The summed E-state index contributed by atoms with van der Waals surface area (Å²) in [5.41, 5.74) is -1.61. The van der Waals surface area contributed by atoms with Crippen molar-refractivity contribution in [1.82, 2.24) is 15.1 Å². The van der Waals surface area contributed by atoms with E-state index in [0.717, 1.165) is 4.90 Å². The predicted molar refractivity (Wildman–Crippen MR) is 111 cm³/mol. The topological polar surface area (TPSA) is 104 Å². The quantitative estimate of drug-likeness (QED) is 0.539. The summed E-state index contributed by atoms with van der Waals surface area (Å²) >= 11 is 0. The SMILES string of the molecule is CCN/C(=C\C(=N)N1CCOC[C@H]1C)N(C(=O)OC(C)(C)C)C(=O)OC(C)(C)C. The van der Waals surface area contributed by atoms with Crippen LogP contribution >= 0.6 is 0 Å². The van der Waals surface area contributed by atoms with Gasteiger partial charge in [-0.05, 0) is 55.4 Å². The first-order valence-electron chi connectivity index (χ1n) is 9.89. The number of hydrogen-bond donors (Lipinski definition) is 2. The average Bonchev–Trinajstić information content (AvgIpc) is 2.51. The van der Waals surface area contributed by atoms with E-state index in [-0.39, 0.29) is 17.7 Å². The van der Waals surface area contributed by atoms with Gasteiger partial charge in [-0.15, -0.1) is 0 Å². The number of ether oxygens (including phenoxy) is 3. The minimum absolute atomic E-state index is 0.00637. The number of carbonyl (C=O) groups excluding carboxylic acids is 2. The molecule has 29 heavy (non-hydrogen) atoms. The summed E-state index contributed by atoms with van der Waals surface area (Å²) in [5.74, 6) is 0.286. The molecule has 0 saturated carbocycles. The summed E-state index contributed by atoms with van der Waals surface area (Å²) in [6.45, 7) is 16.1. The summed E-state index contributed by atoms with van der Waals surface area (Å²) in [4.78, 5) is 28.3. The number of nitrogens with one attached hydrogen (secondary N) is 2. The third-order valence-corrected chi connectivity index (χ3v) is 3.70. The molecule has 0 aromatic carbocycles. The van der Waals surface area contributed by atoms with E-state index in [4.69, 9.17) is 19.6 Å². The minimum Gasteiger partial charge on any atom is -0.443 e. The molecule has 9 heteroatoms. The molecule has 1 atom stereocenters. The van der Waals surface area contributed by atoms with Crippen LogP contribution in [0, 0.1) is 5.41 Å². The fourth-order valence-corrected chi connectivity index (χ4v) is 2.56. The molecule has 1 saturated heterocycles. The van der Waals surface area contributed by atoms with Gasteiger partial charge in [0.25, 0.3) is 0 Å². The number of hydrogen-bond acceptors (Lipinski definition) is 7. The van der Waals surface area contributed by atoms with Gasteiger partial charge in [-0.1, -0.05) is 0 Å². The Hall–Kier alpha value is -2.29. The van der Waals surface area contributed by atoms with Crippen molar-refractivity contribution in [1.29, 1.82) is 5.41 Å². The maximum Gasteiger partial charge on any atom is 0.425 e. The Morgan fingerprint density at radius 2 is 1.69 bits per heavy atom. The van der Waals surface area contributed by atoms with Gasteiger partial charge < -0.3 is 24.4 Å². The van der Waals surface area contributed by atoms with Crippen molar-refractivity contribution >= 4 is 18.0 Å². The van der Waals surface area contributed by atoms with Crippen LogP contribution in [0.25, 0.3) is 0 Å². The van der Waals surface area contributed by atoms with Crippen LogP contribution in [-0.4, -0.2) is 71.4 Å². The van der Waals surface area contributed by atoms with Crippen molar-refractivity contribution in [2.24, 2.45) is 0 Å². The van der Waals surface area contributed by atoms with Crippen LogP contribution in [0.1, 0.15) is 55.4 Å². The van der Waals surface area contributed by atoms with Crippen LogP contribution in [0.4, 0.5) is 9.59 Å². The van der Waals surface area contributed by atoms with E-state index < -0.39 is 23.4 Å². The number of amidine groups is 1. The summed E-state index contributed by atoms with van der Waals surface area (Å²) in [7, 11) is 0. The van der Waals surface area contributed by atoms with Crippen molar-refractivity contribution in [2.45, 2.75) is 72.6 Å². The van der Waals surface area contributed by atoms with Crippen LogP contribution in [0.15, 0.2) is 11.9 Å². The number of amides is 2. The van der Waals surface area contributed by atoms with Crippen LogP contribution in [0.3, 0.4) is 0 Å². The molecule has 0 aliphatic carbocycles. The number of carbonyl (C=O) groups is 2. The van der Waals surface area contributed by atoms with E-state index >= 15 is 0 Å². The fourth-order valence-electron chi connectivity index (χ4n) is 2.56. The van der Waals surface area contributed by atoms with Crippen LogP contribution in [0.2, 0.25) is 0 Å². The summed E-state index contributed by atoms with van der Waals surface area (Å²) in [6.07, 6.45) is -0.303. The highest BCUT2D eigenvalue weighted by Crippen LogP contribution is 2.18. The summed E-state index contributed by atoms with van der Waals surface area (Å²) in [6, 6.07) is 0.00637. The van der Waals surface area contributed by atoms with E-state index in [1.165, 1.54) is 6.08 Å². The number of imide groups is 1. The normalized spacial score (nSPS) is 18.1. The fraction of sp³-hybridized carbons (Fsp3) is 0.750. The van der Waals surface area contributed by atoms with Crippen molar-refractivity contribution in [2.75, 3.05) is 26.3 Å². The van der Waals surface area contributed by atoms with E-state index in [0.29, 0.717) is 26.3 Å². The van der Waals surface area contributed by atoms with Crippen LogP contribution < -0.4 is 5.32 Å². The van der Waals surface area contributed by atoms with E-state index in [2.05, 4.69) is 5.32 Å². The molecular weight excluding hydrogens is 376 g/mol. The second-order valence-electron chi connectivity index (χ2n) is 8.86. The Labute approximate surface area is 173 Å². The third-order valence-electron chi connectivity index (χ3n) is 3.70. The Bertz CT molecular complexity index is 606. The van der Waals surface area contributed by atoms with Gasteiger partial charge in [0.05, 0.1) is 19.3 Å². The molecule has 166 valence electrons. The summed E-state index contributed by atoms with van der Waals surface area (Å²) < 4.78 is 16.2. The Morgan fingerprint density at radius 3 is 2.10 bits per heavy atom. The molecule has 0 radical (unpaired) electrons. The summed E-state index contributed by atoms with van der Waals surface area (Å²) in [5, 5.41) is 11.5. The van der Waals surface area contributed by atoms with Gasteiger partial charge in [-0.2, -0.15) is 4.90 Å². The first kappa shape index (κ1) is 24.7. The zero-order chi connectivity index (χ0) is 22.4. The van der Waals surface area contributed by atoms with Crippen molar-refractivity contribution in [3.05, 3.63) is 11.9 Å². The van der Waals surface area contributed by atoms with Gasteiger partial charge in [0.2, 0.25) is 0 Å². The Balaban J connectivity index is 3.27. The molecule has 0 spiro atoms. The average molecular weight is 413 g/mol. The second-order valence-corrected chi connectivity index (χ2v) is 8.86. The molecule has 0 aromatic rings. The maximum absolute atomic E-state index is 12.8.